The Labute approximate surface area is 104 Å². The van der Waals surface area contributed by atoms with E-state index in [4.69, 9.17) is 5.11 Å². The minimum Gasteiger partial charge on any atom is -0.481 e. The van der Waals surface area contributed by atoms with Crippen LogP contribution < -0.4 is 0 Å². The van der Waals surface area contributed by atoms with E-state index in [1.807, 2.05) is 12.3 Å². The number of fused-ring (bicyclic) bond motifs is 1. The number of nitrogens with zero attached hydrogens (tertiary/aromatic N) is 3. The van der Waals surface area contributed by atoms with E-state index < -0.39 is 5.97 Å². The summed E-state index contributed by atoms with van der Waals surface area (Å²) in [7, 11) is 0. The van der Waals surface area contributed by atoms with E-state index >= 15 is 0 Å². The fourth-order valence-electron chi connectivity index (χ4n) is 2.43. The highest BCUT2D eigenvalue weighted by molar-refractivity contribution is 5.68. The molecule has 5 nitrogen and oxygen atoms in total. The summed E-state index contributed by atoms with van der Waals surface area (Å²) in [5.41, 5.74) is 2.88. The molecule has 94 valence electrons. The maximum Gasteiger partial charge on any atom is 0.303 e. The van der Waals surface area contributed by atoms with Crippen molar-refractivity contribution in [2.45, 2.75) is 38.0 Å². The third kappa shape index (κ3) is 1.85. The Morgan fingerprint density at radius 1 is 1.50 bits per heavy atom. The second-order valence-electron chi connectivity index (χ2n) is 4.77. The van der Waals surface area contributed by atoms with Gasteiger partial charge < -0.3 is 5.11 Å². The van der Waals surface area contributed by atoms with Gasteiger partial charge in [-0.1, -0.05) is 6.42 Å². The Hall–Kier alpha value is -1.91. The number of carboxylic acids is 1. The number of aryl methyl sites for hydroxylation is 1. The van der Waals surface area contributed by atoms with Crippen LogP contribution in [0.25, 0.3) is 5.65 Å². The van der Waals surface area contributed by atoms with Gasteiger partial charge in [-0.05, 0) is 25.3 Å². The first kappa shape index (κ1) is 11.2. The molecule has 18 heavy (non-hydrogen) atoms. The minimum absolute atomic E-state index is 0.137. The van der Waals surface area contributed by atoms with Gasteiger partial charge in [-0.3, -0.25) is 4.79 Å². The van der Waals surface area contributed by atoms with Crippen LogP contribution in [-0.4, -0.2) is 25.7 Å². The summed E-state index contributed by atoms with van der Waals surface area (Å²) >= 11 is 0. The normalized spacial score (nSPS) is 15.8. The summed E-state index contributed by atoms with van der Waals surface area (Å²) in [5, 5.41) is 13.4. The number of carboxylic acid groups (broad SMARTS) is 1. The highest BCUT2D eigenvalue weighted by Gasteiger charge is 2.27. The van der Waals surface area contributed by atoms with E-state index in [1.165, 1.54) is 6.42 Å². The first-order valence-corrected chi connectivity index (χ1v) is 6.29. The van der Waals surface area contributed by atoms with E-state index in [-0.39, 0.29) is 6.42 Å². The van der Waals surface area contributed by atoms with Gasteiger partial charge >= 0.3 is 5.97 Å². The van der Waals surface area contributed by atoms with Crippen molar-refractivity contribution in [2.75, 3.05) is 0 Å². The Morgan fingerprint density at radius 2 is 2.33 bits per heavy atom. The van der Waals surface area contributed by atoms with Crippen LogP contribution in [0.1, 0.15) is 42.9 Å². The molecule has 1 saturated carbocycles. The molecular formula is C13H15N3O2. The number of hydrogen-bond donors (Lipinski definition) is 1. The van der Waals surface area contributed by atoms with E-state index in [9.17, 15) is 4.79 Å². The first-order chi connectivity index (χ1) is 8.75. The van der Waals surface area contributed by atoms with Crippen LogP contribution in [-0.2, 0) is 11.2 Å². The lowest BCUT2D eigenvalue weighted by atomic mass is 9.81. The van der Waals surface area contributed by atoms with Crippen LogP contribution in [0.5, 0.6) is 0 Å². The van der Waals surface area contributed by atoms with Gasteiger partial charge in [-0.15, -0.1) is 0 Å². The van der Waals surface area contributed by atoms with Crippen molar-refractivity contribution >= 4 is 11.6 Å². The van der Waals surface area contributed by atoms with E-state index in [0.29, 0.717) is 12.3 Å². The molecule has 0 aromatic carbocycles. The zero-order valence-corrected chi connectivity index (χ0v) is 10.0. The average Bonchev–Trinajstić information content (AvgIpc) is 2.62. The lowest BCUT2D eigenvalue weighted by Crippen LogP contribution is -2.12. The van der Waals surface area contributed by atoms with Gasteiger partial charge in [0.25, 0.3) is 0 Å². The quantitative estimate of drug-likeness (QED) is 0.894. The topological polar surface area (TPSA) is 67.5 Å². The average molecular weight is 245 g/mol. The van der Waals surface area contributed by atoms with Crippen LogP contribution in [0, 0.1) is 0 Å². The molecule has 2 aromatic rings. The molecule has 0 radical (unpaired) electrons. The van der Waals surface area contributed by atoms with Crippen molar-refractivity contribution in [2.24, 2.45) is 0 Å². The molecule has 0 spiro atoms. The van der Waals surface area contributed by atoms with Gasteiger partial charge in [0.2, 0.25) is 0 Å². The number of rotatable bonds is 4. The Morgan fingerprint density at radius 3 is 3.00 bits per heavy atom. The van der Waals surface area contributed by atoms with Gasteiger partial charge in [-0.2, -0.15) is 5.10 Å². The number of hydrogen-bond acceptors (Lipinski definition) is 3. The summed E-state index contributed by atoms with van der Waals surface area (Å²) in [6, 6.07) is 1.84. The smallest absolute Gasteiger partial charge is 0.303 e. The monoisotopic (exact) mass is 245 g/mol. The molecule has 0 unspecified atom stereocenters. The Balaban J connectivity index is 2.02. The zero-order valence-electron chi connectivity index (χ0n) is 10.0. The SMILES string of the molecule is O=C(O)CCc1c(C2CCC2)nn2cccnc12. The third-order valence-corrected chi connectivity index (χ3v) is 3.60. The predicted octanol–water partition coefficient (Wildman–Crippen LogP) is 2.01. The summed E-state index contributed by atoms with van der Waals surface area (Å²) in [5.74, 6) is -0.277. The molecule has 3 rings (SSSR count). The summed E-state index contributed by atoms with van der Waals surface area (Å²) in [6.07, 6.45) is 7.80. The van der Waals surface area contributed by atoms with Gasteiger partial charge in [0.15, 0.2) is 5.65 Å². The number of carbonyl (C=O) groups is 1. The van der Waals surface area contributed by atoms with Gasteiger partial charge in [-0.25, -0.2) is 9.50 Å². The molecule has 2 aromatic heterocycles. The van der Waals surface area contributed by atoms with E-state index in [1.54, 1.807) is 10.7 Å². The van der Waals surface area contributed by atoms with Gasteiger partial charge in [0.05, 0.1) is 5.69 Å². The highest BCUT2D eigenvalue weighted by atomic mass is 16.4. The predicted molar refractivity (Wildman–Crippen MR) is 65.5 cm³/mol. The molecule has 0 saturated heterocycles. The molecule has 5 heteroatoms. The Kier molecular flexibility index (Phi) is 2.74. The molecule has 1 fully saturated rings. The van der Waals surface area contributed by atoms with Crippen molar-refractivity contribution in [3.05, 3.63) is 29.7 Å². The van der Waals surface area contributed by atoms with E-state index in [0.717, 1.165) is 29.7 Å². The highest BCUT2D eigenvalue weighted by Crippen LogP contribution is 2.38. The Bertz CT molecular complexity index is 587. The fraction of sp³-hybridized carbons (Fsp3) is 0.462. The van der Waals surface area contributed by atoms with Crippen LogP contribution in [0.2, 0.25) is 0 Å². The van der Waals surface area contributed by atoms with Crippen molar-refractivity contribution < 1.29 is 9.90 Å². The van der Waals surface area contributed by atoms with Crippen molar-refractivity contribution in [1.82, 2.24) is 14.6 Å². The molecule has 2 heterocycles. The minimum atomic E-state index is -0.773. The maximum atomic E-state index is 10.7. The lowest BCUT2D eigenvalue weighted by Gasteiger charge is -2.24. The summed E-state index contributed by atoms with van der Waals surface area (Å²) in [6.45, 7) is 0. The van der Waals surface area contributed by atoms with E-state index in [2.05, 4.69) is 10.1 Å². The zero-order chi connectivity index (χ0) is 12.5. The van der Waals surface area contributed by atoms with Crippen molar-refractivity contribution in [1.29, 1.82) is 0 Å². The number of aliphatic carboxylic acids is 1. The second kappa shape index (κ2) is 4.40. The third-order valence-electron chi connectivity index (χ3n) is 3.60. The van der Waals surface area contributed by atoms with Gasteiger partial charge in [0.1, 0.15) is 0 Å². The summed E-state index contributed by atoms with van der Waals surface area (Å²) < 4.78 is 1.77. The molecule has 1 aliphatic carbocycles. The standard InChI is InChI=1S/C13H15N3O2/c17-11(18)6-5-10-12(9-3-1-4-9)15-16-8-2-7-14-13(10)16/h2,7-9H,1,3-6H2,(H,17,18). The molecule has 0 amide bonds. The molecule has 0 bridgehead atoms. The maximum absolute atomic E-state index is 10.7. The van der Waals surface area contributed by atoms with Crippen molar-refractivity contribution in [3.8, 4) is 0 Å². The van der Waals surface area contributed by atoms with Crippen LogP contribution in [0.15, 0.2) is 18.5 Å². The molecule has 1 aliphatic rings. The largest absolute Gasteiger partial charge is 0.481 e. The first-order valence-electron chi connectivity index (χ1n) is 6.29. The summed E-state index contributed by atoms with van der Waals surface area (Å²) in [4.78, 5) is 15.1. The van der Waals surface area contributed by atoms with Crippen LogP contribution in [0.4, 0.5) is 0 Å². The molecule has 0 atom stereocenters. The van der Waals surface area contributed by atoms with Crippen molar-refractivity contribution in [3.63, 3.8) is 0 Å². The second-order valence-corrected chi connectivity index (χ2v) is 4.77. The molecular weight excluding hydrogens is 230 g/mol. The van der Waals surface area contributed by atoms with Gasteiger partial charge in [0, 0.05) is 30.3 Å². The lowest BCUT2D eigenvalue weighted by molar-refractivity contribution is -0.136. The van der Waals surface area contributed by atoms with Crippen LogP contribution >= 0.6 is 0 Å². The van der Waals surface area contributed by atoms with Crippen LogP contribution in [0.3, 0.4) is 0 Å². The molecule has 1 N–H and O–H groups in total. The fourth-order valence-corrected chi connectivity index (χ4v) is 2.43. The number of aromatic nitrogens is 3. The molecule has 0 aliphatic heterocycles.